The number of likely N-dealkylation sites (N-methyl/N-ethyl adjacent to an activating group) is 1. The summed E-state index contributed by atoms with van der Waals surface area (Å²) in [4.78, 5) is 27.8. The molecule has 0 saturated heterocycles. The Morgan fingerprint density at radius 1 is 1.03 bits per heavy atom. The highest BCUT2D eigenvalue weighted by Crippen LogP contribution is 2.30. The van der Waals surface area contributed by atoms with Crippen LogP contribution in [0.2, 0.25) is 0 Å². The number of sulfonamides is 1. The van der Waals surface area contributed by atoms with Crippen LogP contribution in [0, 0.1) is 0 Å². The van der Waals surface area contributed by atoms with Crippen LogP contribution in [0.1, 0.15) is 45.6 Å². The number of ether oxygens (including phenoxy) is 2. The van der Waals surface area contributed by atoms with Gasteiger partial charge < -0.3 is 19.7 Å². The second-order valence-corrected chi connectivity index (χ2v) is 10.4. The number of nitrogens with one attached hydrogen (secondary N) is 1. The standard InChI is InChI=1S/C27H39N3O6S/c1-6-23(27(32)28-7-2)29(20-21-15-17-22(35-4)18-16-21)26(31)14-11-19-30(37(5,33)34)24-12-9-10-13-25(24)36-8-3/h9-10,12-13,15-18,23H,6-8,11,14,19-20H2,1-5H3,(H,28,32). The molecule has 0 heterocycles. The van der Waals surface area contributed by atoms with E-state index in [1.54, 1.807) is 36.3 Å². The second kappa shape index (κ2) is 14.5. The van der Waals surface area contributed by atoms with Crippen molar-refractivity contribution in [1.82, 2.24) is 10.2 Å². The molecular weight excluding hydrogens is 494 g/mol. The third kappa shape index (κ3) is 8.66. The summed E-state index contributed by atoms with van der Waals surface area (Å²) in [5.74, 6) is 0.728. The van der Waals surface area contributed by atoms with Gasteiger partial charge in [0.05, 0.1) is 25.7 Å². The maximum atomic E-state index is 13.4. The summed E-state index contributed by atoms with van der Waals surface area (Å²) >= 11 is 0. The van der Waals surface area contributed by atoms with Gasteiger partial charge in [0.2, 0.25) is 21.8 Å². The van der Waals surface area contributed by atoms with Crippen molar-refractivity contribution in [2.45, 2.75) is 52.6 Å². The van der Waals surface area contributed by atoms with E-state index in [9.17, 15) is 18.0 Å². The van der Waals surface area contributed by atoms with Crippen molar-refractivity contribution in [2.75, 3.05) is 37.4 Å². The molecule has 0 bridgehead atoms. The Bertz CT molecular complexity index is 1120. The molecule has 1 N–H and O–H groups in total. The number of hydrogen-bond donors (Lipinski definition) is 1. The molecule has 10 heteroatoms. The molecule has 37 heavy (non-hydrogen) atoms. The molecule has 2 rings (SSSR count). The zero-order chi connectivity index (χ0) is 27.4. The van der Waals surface area contributed by atoms with E-state index in [0.717, 1.165) is 11.8 Å². The van der Waals surface area contributed by atoms with Crippen LogP contribution in [0.25, 0.3) is 0 Å². The van der Waals surface area contributed by atoms with Crippen LogP contribution in [0.5, 0.6) is 11.5 Å². The number of anilines is 1. The number of nitrogens with zero attached hydrogens (tertiary/aromatic N) is 2. The average Bonchev–Trinajstić information content (AvgIpc) is 2.87. The van der Waals surface area contributed by atoms with Gasteiger partial charge in [-0.25, -0.2) is 8.42 Å². The minimum atomic E-state index is -3.62. The number of benzene rings is 2. The van der Waals surface area contributed by atoms with Crippen molar-refractivity contribution in [3.05, 3.63) is 54.1 Å². The molecule has 0 spiro atoms. The summed E-state index contributed by atoms with van der Waals surface area (Å²) < 4.78 is 37.3. The third-order valence-corrected chi connectivity index (χ3v) is 7.01. The van der Waals surface area contributed by atoms with Crippen molar-refractivity contribution in [2.24, 2.45) is 0 Å². The van der Waals surface area contributed by atoms with E-state index in [1.807, 2.05) is 45.0 Å². The maximum absolute atomic E-state index is 13.4. The summed E-state index contributed by atoms with van der Waals surface area (Å²) in [5.41, 5.74) is 1.29. The van der Waals surface area contributed by atoms with Crippen LogP contribution in [0.3, 0.4) is 0 Å². The van der Waals surface area contributed by atoms with Gasteiger partial charge in [-0.05, 0) is 56.5 Å². The molecular formula is C27H39N3O6S. The lowest BCUT2D eigenvalue weighted by atomic mass is 10.1. The van der Waals surface area contributed by atoms with E-state index in [2.05, 4.69) is 5.32 Å². The molecule has 0 aliphatic rings. The Hall–Kier alpha value is -3.27. The Balaban J connectivity index is 2.23. The first kappa shape index (κ1) is 30.0. The highest BCUT2D eigenvalue weighted by Gasteiger charge is 2.29. The van der Waals surface area contributed by atoms with Gasteiger partial charge in [-0.1, -0.05) is 31.2 Å². The fraction of sp³-hybridized carbons (Fsp3) is 0.481. The zero-order valence-electron chi connectivity index (χ0n) is 22.4. The Morgan fingerprint density at radius 3 is 2.27 bits per heavy atom. The molecule has 0 aromatic heterocycles. The summed E-state index contributed by atoms with van der Waals surface area (Å²) in [6.45, 7) is 6.74. The van der Waals surface area contributed by atoms with Gasteiger partial charge in [-0.3, -0.25) is 13.9 Å². The molecule has 0 saturated carbocycles. The van der Waals surface area contributed by atoms with Gasteiger partial charge in [-0.2, -0.15) is 0 Å². The Morgan fingerprint density at radius 2 is 1.70 bits per heavy atom. The minimum absolute atomic E-state index is 0.0783. The molecule has 1 unspecified atom stereocenters. The van der Waals surface area contributed by atoms with Crippen LogP contribution in [-0.2, 0) is 26.2 Å². The second-order valence-electron chi connectivity index (χ2n) is 8.53. The van der Waals surface area contributed by atoms with Crippen molar-refractivity contribution < 1.29 is 27.5 Å². The van der Waals surface area contributed by atoms with E-state index >= 15 is 0 Å². The minimum Gasteiger partial charge on any atom is -0.497 e. The van der Waals surface area contributed by atoms with Crippen LogP contribution < -0.4 is 19.1 Å². The van der Waals surface area contributed by atoms with E-state index in [4.69, 9.17) is 9.47 Å². The maximum Gasteiger partial charge on any atom is 0.242 e. The molecule has 2 aromatic carbocycles. The third-order valence-electron chi connectivity index (χ3n) is 5.83. The monoisotopic (exact) mass is 533 g/mol. The number of rotatable bonds is 15. The van der Waals surface area contributed by atoms with Crippen LogP contribution >= 0.6 is 0 Å². The number of methoxy groups -OCH3 is 1. The number of para-hydroxylation sites is 2. The molecule has 0 aliphatic carbocycles. The SMILES string of the molecule is CCNC(=O)C(CC)N(Cc1ccc(OC)cc1)C(=O)CCCN(c1ccccc1OCC)S(C)(=O)=O. The van der Waals surface area contributed by atoms with E-state index in [0.29, 0.717) is 36.8 Å². The predicted octanol–water partition coefficient (Wildman–Crippen LogP) is 3.58. The Labute approximate surface area is 220 Å². The fourth-order valence-corrected chi connectivity index (χ4v) is 5.03. The van der Waals surface area contributed by atoms with E-state index < -0.39 is 16.1 Å². The lowest BCUT2D eigenvalue weighted by Crippen LogP contribution is -2.49. The number of amides is 2. The zero-order valence-corrected chi connectivity index (χ0v) is 23.2. The van der Waals surface area contributed by atoms with Gasteiger partial charge in [-0.15, -0.1) is 0 Å². The molecule has 2 amide bonds. The summed E-state index contributed by atoms with van der Waals surface area (Å²) in [7, 11) is -2.04. The lowest BCUT2D eigenvalue weighted by molar-refractivity contribution is -0.141. The van der Waals surface area contributed by atoms with E-state index in [1.165, 1.54) is 4.31 Å². The van der Waals surface area contributed by atoms with Crippen LogP contribution in [-0.4, -0.2) is 64.2 Å². The molecule has 1 atom stereocenters. The predicted molar refractivity (Wildman–Crippen MR) is 145 cm³/mol. The van der Waals surface area contributed by atoms with Gasteiger partial charge in [0, 0.05) is 26.1 Å². The lowest BCUT2D eigenvalue weighted by Gasteiger charge is -2.31. The molecule has 0 fully saturated rings. The van der Waals surface area contributed by atoms with Crippen molar-refractivity contribution in [3.8, 4) is 11.5 Å². The smallest absolute Gasteiger partial charge is 0.242 e. The van der Waals surface area contributed by atoms with Gasteiger partial charge >= 0.3 is 0 Å². The van der Waals surface area contributed by atoms with Gasteiger partial charge in [0.15, 0.2) is 0 Å². The van der Waals surface area contributed by atoms with Crippen molar-refractivity contribution >= 4 is 27.5 Å². The van der Waals surface area contributed by atoms with Crippen molar-refractivity contribution in [3.63, 3.8) is 0 Å². The van der Waals surface area contributed by atoms with E-state index in [-0.39, 0.29) is 37.7 Å². The van der Waals surface area contributed by atoms with Crippen molar-refractivity contribution in [1.29, 1.82) is 0 Å². The summed E-state index contributed by atoms with van der Waals surface area (Å²) in [6, 6.07) is 13.6. The highest BCUT2D eigenvalue weighted by molar-refractivity contribution is 7.92. The average molecular weight is 534 g/mol. The quantitative estimate of drug-likeness (QED) is 0.375. The first-order valence-corrected chi connectivity index (χ1v) is 14.4. The number of carbonyl (C=O) groups is 2. The molecule has 2 aromatic rings. The Kier molecular flexibility index (Phi) is 11.7. The highest BCUT2D eigenvalue weighted by atomic mass is 32.2. The number of hydrogen-bond acceptors (Lipinski definition) is 6. The first-order valence-electron chi connectivity index (χ1n) is 12.6. The van der Waals surface area contributed by atoms with Crippen LogP contribution in [0.15, 0.2) is 48.5 Å². The molecule has 204 valence electrons. The van der Waals surface area contributed by atoms with Gasteiger partial charge in [0.1, 0.15) is 17.5 Å². The van der Waals surface area contributed by atoms with Gasteiger partial charge in [0.25, 0.3) is 0 Å². The normalized spacial score (nSPS) is 11.9. The topological polar surface area (TPSA) is 105 Å². The first-order chi connectivity index (χ1) is 17.7. The fourth-order valence-electron chi connectivity index (χ4n) is 4.06. The molecule has 0 aliphatic heterocycles. The van der Waals surface area contributed by atoms with Crippen LogP contribution in [0.4, 0.5) is 5.69 Å². The summed E-state index contributed by atoms with van der Waals surface area (Å²) in [6.07, 6.45) is 1.94. The molecule has 0 radical (unpaired) electrons. The largest absolute Gasteiger partial charge is 0.497 e. The molecule has 9 nitrogen and oxygen atoms in total. The summed E-state index contributed by atoms with van der Waals surface area (Å²) in [5, 5.41) is 2.82. The number of carbonyl (C=O) groups excluding carboxylic acids is 2.